The van der Waals surface area contributed by atoms with Crippen molar-refractivity contribution in [3.05, 3.63) is 47.3 Å². The molecule has 11 heteroatoms. The Hall–Kier alpha value is -2.92. The molecular weight excluding hydrogens is 382 g/mol. The van der Waals surface area contributed by atoms with E-state index in [4.69, 9.17) is 10.5 Å². The highest BCUT2D eigenvalue weighted by Gasteiger charge is 2.20. The Balaban J connectivity index is 2.01. The maximum Gasteiger partial charge on any atom is 0.338 e. The fourth-order valence-corrected chi connectivity index (χ4v) is 3.85. The monoisotopic (exact) mass is 397 g/mol. The van der Waals surface area contributed by atoms with Gasteiger partial charge in [-0.05, 0) is 42.6 Å². The number of ether oxygens (including phenoxy) is 1. The van der Waals surface area contributed by atoms with Crippen LogP contribution in [0.3, 0.4) is 0 Å². The highest BCUT2D eigenvalue weighted by molar-refractivity contribution is 7.94. The van der Waals surface area contributed by atoms with Gasteiger partial charge in [0.15, 0.2) is 6.10 Å². The number of carbonyl (C=O) groups excluding carboxylic acids is 3. The highest BCUT2D eigenvalue weighted by atomic mass is 32.2. The van der Waals surface area contributed by atoms with Crippen LogP contribution in [-0.4, -0.2) is 32.4 Å². The summed E-state index contributed by atoms with van der Waals surface area (Å²) in [5, 5.41) is 3.44. The van der Waals surface area contributed by atoms with E-state index in [1.165, 1.54) is 37.3 Å². The van der Waals surface area contributed by atoms with Crippen molar-refractivity contribution in [3.8, 4) is 0 Å². The molecule has 2 rings (SSSR count). The van der Waals surface area contributed by atoms with E-state index in [1.54, 1.807) is 16.8 Å². The van der Waals surface area contributed by atoms with E-state index >= 15 is 0 Å². The molecule has 0 bridgehead atoms. The van der Waals surface area contributed by atoms with Gasteiger partial charge in [-0.3, -0.25) is 14.8 Å². The number of imide groups is 1. The SMILES string of the molecule is CC(OC(=O)c1ccc(NS(=O)(=O)c2cccs2)cc1)C(=O)NC(N)=O. The van der Waals surface area contributed by atoms with Gasteiger partial charge < -0.3 is 10.5 Å². The number of carbonyl (C=O) groups is 3. The highest BCUT2D eigenvalue weighted by Crippen LogP contribution is 2.20. The van der Waals surface area contributed by atoms with Gasteiger partial charge in [0.1, 0.15) is 4.21 Å². The largest absolute Gasteiger partial charge is 0.449 e. The van der Waals surface area contributed by atoms with Gasteiger partial charge in [0, 0.05) is 5.69 Å². The average Bonchev–Trinajstić information content (AvgIpc) is 3.09. The Morgan fingerprint density at radius 3 is 2.35 bits per heavy atom. The lowest BCUT2D eigenvalue weighted by Crippen LogP contribution is -2.42. The van der Waals surface area contributed by atoms with E-state index in [0.29, 0.717) is 0 Å². The fourth-order valence-electron chi connectivity index (χ4n) is 1.80. The molecule has 4 N–H and O–H groups in total. The summed E-state index contributed by atoms with van der Waals surface area (Å²) in [4.78, 5) is 34.1. The Morgan fingerprint density at radius 2 is 1.81 bits per heavy atom. The summed E-state index contributed by atoms with van der Waals surface area (Å²) in [5.41, 5.74) is 5.17. The molecule has 1 aromatic carbocycles. The third-order valence-corrected chi connectivity index (χ3v) is 5.81. The van der Waals surface area contributed by atoms with E-state index in [1.807, 2.05) is 0 Å². The zero-order valence-electron chi connectivity index (χ0n) is 13.5. The maximum atomic E-state index is 12.1. The van der Waals surface area contributed by atoms with Gasteiger partial charge in [0.2, 0.25) is 0 Å². The Morgan fingerprint density at radius 1 is 1.15 bits per heavy atom. The second kappa shape index (κ2) is 7.97. The number of urea groups is 1. The summed E-state index contributed by atoms with van der Waals surface area (Å²) in [6, 6.07) is 7.48. The van der Waals surface area contributed by atoms with Crippen LogP contribution in [-0.2, 0) is 19.6 Å². The van der Waals surface area contributed by atoms with Crippen molar-refractivity contribution in [2.24, 2.45) is 5.73 Å². The lowest BCUT2D eigenvalue weighted by molar-refractivity contribution is -0.127. The van der Waals surface area contributed by atoms with Crippen molar-refractivity contribution in [2.75, 3.05) is 4.72 Å². The molecule has 0 saturated heterocycles. The van der Waals surface area contributed by atoms with E-state index in [-0.39, 0.29) is 15.5 Å². The van der Waals surface area contributed by atoms with Gasteiger partial charge in [-0.25, -0.2) is 18.0 Å². The smallest absolute Gasteiger partial charge is 0.338 e. The van der Waals surface area contributed by atoms with Crippen molar-refractivity contribution < 1.29 is 27.5 Å². The summed E-state index contributed by atoms with van der Waals surface area (Å²) in [5.74, 6) is -1.67. The summed E-state index contributed by atoms with van der Waals surface area (Å²) < 4.78 is 31.7. The minimum Gasteiger partial charge on any atom is -0.449 e. The van der Waals surface area contributed by atoms with Gasteiger partial charge in [-0.1, -0.05) is 6.07 Å². The van der Waals surface area contributed by atoms with Gasteiger partial charge >= 0.3 is 12.0 Å². The van der Waals surface area contributed by atoms with E-state index in [2.05, 4.69) is 4.72 Å². The molecule has 138 valence electrons. The first-order valence-corrected chi connectivity index (χ1v) is 9.53. The first-order chi connectivity index (χ1) is 12.2. The van der Waals surface area contributed by atoms with Gasteiger partial charge in [0.25, 0.3) is 15.9 Å². The molecule has 0 radical (unpaired) electrons. The molecule has 0 aliphatic heterocycles. The molecule has 1 aromatic heterocycles. The zero-order valence-corrected chi connectivity index (χ0v) is 15.1. The lowest BCUT2D eigenvalue weighted by atomic mass is 10.2. The Bertz CT molecular complexity index is 907. The number of benzene rings is 1. The van der Waals surface area contributed by atoms with Crippen LogP contribution in [0.25, 0.3) is 0 Å². The van der Waals surface area contributed by atoms with Crippen molar-refractivity contribution >= 4 is 45.0 Å². The minimum absolute atomic E-state index is 0.0998. The van der Waals surface area contributed by atoms with Crippen molar-refractivity contribution in [3.63, 3.8) is 0 Å². The van der Waals surface area contributed by atoms with Crippen LogP contribution < -0.4 is 15.8 Å². The molecule has 0 fully saturated rings. The Kier molecular flexibility index (Phi) is 5.95. The van der Waals surface area contributed by atoms with Gasteiger partial charge in [-0.2, -0.15) is 0 Å². The molecular formula is C15H15N3O6S2. The number of rotatable bonds is 6. The molecule has 0 spiro atoms. The number of amides is 3. The molecule has 3 amide bonds. The lowest BCUT2D eigenvalue weighted by Gasteiger charge is -2.12. The number of primary amides is 1. The first kappa shape index (κ1) is 19.4. The number of hydrogen-bond acceptors (Lipinski definition) is 7. The third-order valence-electron chi connectivity index (χ3n) is 3.03. The number of sulfonamides is 1. The van der Waals surface area contributed by atoms with E-state index in [0.717, 1.165) is 11.3 Å². The molecule has 26 heavy (non-hydrogen) atoms. The van der Waals surface area contributed by atoms with Crippen LogP contribution >= 0.6 is 11.3 Å². The fraction of sp³-hybridized carbons (Fsp3) is 0.133. The van der Waals surface area contributed by atoms with Crippen molar-refractivity contribution in [2.45, 2.75) is 17.2 Å². The van der Waals surface area contributed by atoms with Crippen LogP contribution in [0.4, 0.5) is 10.5 Å². The number of nitrogens with two attached hydrogens (primary N) is 1. The van der Waals surface area contributed by atoms with Crippen LogP contribution in [0.2, 0.25) is 0 Å². The van der Waals surface area contributed by atoms with Crippen LogP contribution in [0, 0.1) is 0 Å². The summed E-state index contributed by atoms with van der Waals surface area (Å²) in [6.45, 7) is 1.28. The third kappa shape index (κ3) is 5.04. The van der Waals surface area contributed by atoms with E-state index < -0.39 is 34.0 Å². The number of esters is 1. The summed E-state index contributed by atoms with van der Waals surface area (Å²) in [6.07, 6.45) is -1.23. The van der Waals surface area contributed by atoms with Crippen molar-refractivity contribution in [1.29, 1.82) is 0 Å². The molecule has 2 aromatic rings. The summed E-state index contributed by atoms with van der Waals surface area (Å²) in [7, 11) is -3.69. The number of anilines is 1. The van der Waals surface area contributed by atoms with Gasteiger partial charge in [-0.15, -0.1) is 11.3 Å². The predicted molar refractivity (Wildman–Crippen MR) is 94.2 cm³/mol. The number of hydrogen-bond donors (Lipinski definition) is 3. The average molecular weight is 397 g/mol. The standard InChI is InChI=1S/C15H15N3O6S2/c1-9(13(19)17-15(16)21)24-14(20)10-4-6-11(7-5-10)18-26(22,23)12-3-2-8-25-12/h2-9,18H,1H3,(H3,16,17,19,21). The molecule has 9 nitrogen and oxygen atoms in total. The molecule has 0 aliphatic rings. The van der Waals surface area contributed by atoms with Crippen LogP contribution in [0.5, 0.6) is 0 Å². The normalized spacial score (nSPS) is 12.0. The minimum atomic E-state index is -3.69. The Labute approximate surface area is 153 Å². The molecule has 1 unspecified atom stereocenters. The first-order valence-electron chi connectivity index (χ1n) is 7.17. The van der Waals surface area contributed by atoms with Crippen molar-refractivity contribution in [1.82, 2.24) is 5.32 Å². The molecule has 0 saturated carbocycles. The molecule has 1 atom stereocenters. The van der Waals surface area contributed by atoms with Gasteiger partial charge in [0.05, 0.1) is 5.56 Å². The maximum absolute atomic E-state index is 12.1. The van der Waals surface area contributed by atoms with Crippen LogP contribution in [0.15, 0.2) is 46.0 Å². The summed E-state index contributed by atoms with van der Waals surface area (Å²) >= 11 is 1.08. The zero-order chi connectivity index (χ0) is 19.3. The van der Waals surface area contributed by atoms with Crippen LogP contribution in [0.1, 0.15) is 17.3 Å². The molecule has 0 aliphatic carbocycles. The second-order valence-electron chi connectivity index (χ2n) is 5.02. The number of nitrogens with one attached hydrogen (secondary N) is 2. The molecule has 1 heterocycles. The number of thiophene rings is 1. The predicted octanol–water partition coefficient (Wildman–Crippen LogP) is 1.29. The van der Waals surface area contributed by atoms with E-state index in [9.17, 15) is 22.8 Å². The topological polar surface area (TPSA) is 145 Å². The quantitative estimate of drug-likeness (QED) is 0.626. The second-order valence-corrected chi connectivity index (χ2v) is 7.87.